The summed E-state index contributed by atoms with van der Waals surface area (Å²) in [6, 6.07) is 4.07. The van der Waals surface area contributed by atoms with Gasteiger partial charge in [0.15, 0.2) is 11.5 Å². The van der Waals surface area contributed by atoms with Gasteiger partial charge >= 0.3 is 18.0 Å². The molecule has 0 spiro atoms. The molecule has 2 aromatic rings. The number of nitrogens with zero attached hydrogens (tertiary/aromatic N) is 4. The number of hydrogen-bond donors (Lipinski definition) is 2. The third-order valence-electron chi connectivity index (χ3n) is 4.81. The maximum absolute atomic E-state index is 13.4. The summed E-state index contributed by atoms with van der Waals surface area (Å²) in [4.78, 5) is 31.7. The normalized spacial score (nSPS) is 17.6. The van der Waals surface area contributed by atoms with Crippen molar-refractivity contribution in [3.63, 3.8) is 0 Å². The Morgan fingerprint density at radius 1 is 1.30 bits per heavy atom. The van der Waals surface area contributed by atoms with Crippen LogP contribution in [0.2, 0.25) is 0 Å². The van der Waals surface area contributed by atoms with Gasteiger partial charge in [-0.2, -0.15) is 0 Å². The van der Waals surface area contributed by atoms with E-state index >= 15 is 0 Å². The van der Waals surface area contributed by atoms with Crippen molar-refractivity contribution in [2.45, 2.75) is 19.1 Å². The SMILES string of the molecule is O=C(O)C1CCN(c2ncnc(Nc3cccc4c3OC(F)(F)O4)c2[N+](=O)[O-])CC1. The molecule has 30 heavy (non-hydrogen) atoms. The lowest BCUT2D eigenvalue weighted by Crippen LogP contribution is -2.37. The summed E-state index contributed by atoms with van der Waals surface area (Å²) in [7, 11) is 0. The summed E-state index contributed by atoms with van der Waals surface area (Å²) >= 11 is 0. The summed E-state index contributed by atoms with van der Waals surface area (Å²) < 4.78 is 35.7. The molecule has 13 heteroatoms. The van der Waals surface area contributed by atoms with Crippen LogP contribution in [-0.4, -0.2) is 45.4 Å². The highest BCUT2D eigenvalue weighted by Crippen LogP contribution is 2.47. The number of carboxylic acid groups (broad SMARTS) is 1. The van der Waals surface area contributed by atoms with E-state index in [1.54, 1.807) is 4.90 Å². The van der Waals surface area contributed by atoms with E-state index in [0.717, 1.165) is 6.33 Å². The molecule has 158 valence electrons. The molecule has 0 unspecified atom stereocenters. The van der Waals surface area contributed by atoms with E-state index in [4.69, 9.17) is 5.11 Å². The van der Waals surface area contributed by atoms with Gasteiger partial charge in [0.2, 0.25) is 11.6 Å². The Morgan fingerprint density at radius 2 is 2.03 bits per heavy atom. The third kappa shape index (κ3) is 3.60. The van der Waals surface area contributed by atoms with Gasteiger partial charge in [0.25, 0.3) is 0 Å². The first-order valence-corrected chi connectivity index (χ1v) is 8.88. The predicted molar refractivity (Wildman–Crippen MR) is 97.2 cm³/mol. The predicted octanol–water partition coefficient (Wildman–Crippen LogP) is 2.75. The van der Waals surface area contributed by atoms with E-state index in [-0.39, 0.29) is 41.9 Å². The maximum Gasteiger partial charge on any atom is 0.586 e. The molecule has 0 bridgehead atoms. The number of fused-ring (bicyclic) bond motifs is 1. The second kappa shape index (κ2) is 7.24. The molecule has 0 saturated carbocycles. The average Bonchev–Trinajstić information content (AvgIpc) is 3.02. The molecule has 0 atom stereocenters. The number of ether oxygens (including phenoxy) is 2. The van der Waals surface area contributed by atoms with Crippen molar-refractivity contribution in [2.24, 2.45) is 5.92 Å². The van der Waals surface area contributed by atoms with E-state index < -0.39 is 28.8 Å². The molecule has 1 aromatic carbocycles. The van der Waals surface area contributed by atoms with Crippen LogP contribution in [0.1, 0.15) is 12.8 Å². The lowest BCUT2D eigenvalue weighted by molar-refractivity contribution is -0.383. The van der Waals surface area contributed by atoms with Gasteiger partial charge in [0, 0.05) is 13.1 Å². The van der Waals surface area contributed by atoms with Crippen LogP contribution in [0.5, 0.6) is 11.5 Å². The summed E-state index contributed by atoms with van der Waals surface area (Å²) in [5.74, 6) is -2.18. The second-order valence-corrected chi connectivity index (χ2v) is 6.68. The van der Waals surface area contributed by atoms with Crippen molar-refractivity contribution in [1.82, 2.24) is 9.97 Å². The van der Waals surface area contributed by atoms with Crippen LogP contribution in [-0.2, 0) is 4.79 Å². The van der Waals surface area contributed by atoms with Gasteiger partial charge < -0.3 is 24.8 Å². The number of halogens is 2. The van der Waals surface area contributed by atoms with Gasteiger partial charge in [-0.25, -0.2) is 9.97 Å². The molecule has 2 aliphatic rings. The molecule has 2 N–H and O–H groups in total. The summed E-state index contributed by atoms with van der Waals surface area (Å²) in [6.07, 6.45) is -2.13. The number of hydrogen-bond acceptors (Lipinski definition) is 9. The van der Waals surface area contributed by atoms with Gasteiger partial charge in [-0.1, -0.05) is 6.07 Å². The molecule has 11 nitrogen and oxygen atoms in total. The van der Waals surface area contributed by atoms with Crippen LogP contribution >= 0.6 is 0 Å². The monoisotopic (exact) mass is 423 g/mol. The number of piperidine rings is 1. The zero-order chi connectivity index (χ0) is 21.5. The fourth-order valence-electron chi connectivity index (χ4n) is 3.39. The van der Waals surface area contributed by atoms with Crippen molar-refractivity contribution < 1.29 is 33.1 Å². The molecule has 3 heterocycles. The number of aliphatic carboxylic acids is 1. The van der Waals surface area contributed by atoms with E-state index in [2.05, 4.69) is 24.8 Å². The molecular formula is C17H15F2N5O6. The highest BCUT2D eigenvalue weighted by molar-refractivity contribution is 5.78. The molecule has 1 fully saturated rings. The summed E-state index contributed by atoms with van der Waals surface area (Å²) in [5, 5.41) is 23.5. The second-order valence-electron chi connectivity index (χ2n) is 6.68. The number of alkyl halides is 2. The van der Waals surface area contributed by atoms with Gasteiger partial charge in [-0.3, -0.25) is 14.9 Å². The number of anilines is 3. The zero-order valence-electron chi connectivity index (χ0n) is 15.2. The Labute approximate surface area is 167 Å². The van der Waals surface area contributed by atoms with Crippen LogP contribution < -0.4 is 19.7 Å². The van der Waals surface area contributed by atoms with Crippen LogP contribution in [0.25, 0.3) is 0 Å². The van der Waals surface area contributed by atoms with Crippen LogP contribution in [0, 0.1) is 16.0 Å². The number of aromatic nitrogens is 2. The molecule has 0 radical (unpaired) electrons. The lowest BCUT2D eigenvalue weighted by Gasteiger charge is -2.30. The van der Waals surface area contributed by atoms with Gasteiger partial charge in [0.1, 0.15) is 6.33 Å². The van der Waals surface area contributed by atoms with E-state index in [0.29, 0.717) is 12.8 Å². The first-order chi connectivity index (χ1) is 14.2. The molecule has 0 aliphatic carbocycles. The fourth-order valence-corrected chi connectivity index (χ4v) is 3.39. The Balaban J connectivity index is 1.65. The summed E-state index contributed by atoms with van der Waals surface area (Å²) in [6.45, 7) is 0.524. The Hall–Kier alpha value is -3.77. The van der Waals surface area contributed by atoms with Crippen molar-refractivity contribution in [3.05, 3.63) is 34.6 Å². The van der Waals surface area contributed by atoms with Crippen LogP contribution in [0.4, 0.5) is 31.8 Å². The summed E-state index contributed by atoms with van der Waals surface area (Å²) in [5.41, 5.74) is -0.462. The molecule has 1 saturated heterocycles. The van der Waals surface area contributed by atoms with Gasteiger partial charge in [-0.05, 0) is 25.0 Å². The lowest BCUT2D eigenvalue weighted by atomic mass is 9.97. The maximum atomic E-state index is 13.4. The zero-order valence-corrected chi connectivity index (χ0v) is 15.2. The average molecular weight is 423 g/mol. The van der Waals surface area contributed by atoms with E-state index in [1.165, 1.54) is 18.2 Å². The van der Waals surface area contributed by atoms with Gasteiger partial charge in [0.05, 0.1) is 16.5 Å². The quantitative estimate of drug-likeness (QED) is 0.545. The molecule has 2 aliphatic heterocycles. The highest BCUT2D eigenvalue weighted by Gasteiger charge is 2.45. The van der Waals surface area contributed by atoms with Crippen LogP contribution in [0.3, 0.4) is 0 Å². The van der Waals surface area contributed by atoms with Crippen molar-refractivity contribution in [3.8, 4) is 11.5 Å². The van der Waals surface area contributed by atoms with E-state index in [9.17, 15) is 23.7 Å². The Bertz CT molecular complexity index is 1010. The van der Waals surface area contributed by atoms with Crippen LogP contribution in [0.15, 0.2) is 24.5 Å². The van der Waals surface area contributed by atoms with Crippen molar-refractivity contribution >= 4 is 29.0 Å². The third-order valence-corrected chi connectivity index (χ3v) is 4.81. The van der Waals surface area contributed by atoms with Gasteiger partial charge in [-0.15, -0.1) is 8.78 Å². The fraction of sp³-hybridized carbons (Fsp3) is 0.353. The standard InChI is InChI=1S/C17H15F2N5O6/c18-17(19)29-11-3-1-2-10(13(11)30-17)22-14-12(24(27)28)15(21-8-20-14)23-6-4-9(5-7-23)16(25)26/h1-3,8-9H,4-7H2,(H,25,26)(H,20,21,22). The Kier molecular flexibility index (Phi) is 4.72. The number of nitrogens with one attached hydrogen (secondary N) is 1. The van der Waals surface area contributed by atoms with Crippen molar-refractivity contribution in [1.29, 1.82) is 0 Å². The minimum atomic E-state index is -3.85. The first kappa shape index (κ1) is 19.5. The highest BCUT2D eigenvalue weighted by atomic mass is 19.3. The minimum Gasteiger partial charge on any atom is -0.481 e. The molecule has 0 amide bonds. The Morgan fingerprint density at radius 3 is 2.70 bits per heavy atom. The number of nitro groups is 1. The molecule has 1 aromatic heterocycles. The molecular weight excluding hydrogens is 408 g/mol. The first-order valence-electron chi connectivity index (χ1n) is 8.88. The largest absolute Gasteiger partial charge is 0.586 e. The number of rotatable bonds is 5. The smallest absolute Gasteiger partial charge is 0.481 e. The topological polar surface area (TPSA) is 140 Å². The van der Waals surface area contributed by atoms with E-state index in [1.807, 2.05) is 0 Å². The number of carboxylic acids is 1. The molecule has 4 rings (SSSR count). The number of carbonyl (C=O) groups is 1. The number of benzene rings is 1. The number of para-hydroxylation sites is 1. The minimum absolute atomic E-state index is 0.00186. The van der Waals surface area contributed by atoms with Crippen molar-refractivity contribution in [2.75, 3.05) is 23.3 Å².